The smallest absolute Gasteiger partial charge is 0.0910 e. The van der Waals surface area contributed by atoms with Gasteiger partial charge in [-0.15, -0.1) is 0 Å². The van der Waals surface area contributed by atoms with E-state index in [1.54, 1.807) is 0 Å². The third-order valence-electron chi connectivity index (χ3n) is 1.52. The van der Waals surface area contributed by atoms with Gasteiger partial charge in [-0.3, -0.25) is 0 Å². The first kappa shape index (κ1) is 7.70. The molecule has 0 saturated heterocycles. The second-order valence-corrected chi connectivity index (χ2v) is 2.81. The van der Waals surface area contributed by atoms with E-state index in [4.69, 9.17) is 0 Å². The monoisotopic (exact) mass is 113 g/mol. The van der Waals surface area contributed by atoms with Crippen molar-refractivity contribution in [2.24, 2.45) is 5.41 Å². The van der Waals surface area contributed by atoms with E-state index >= 15 is 0 Å². The molecule has 1 heteroatoms. The Morgan fingerprint density at radius 1 is 1.62 bits per heavy atom. The Morgan fingerprint density at radius 3 is 2.00 bits per heavy atom. The van der Waals surface area contributed by atoms with E-state index in [2.05, 4.69) is 6.58 Å². The minimum absolute atomic E-state index is 0.0671. The summed E-state index contributed by atoms with van der Waals surface area (Å²) in [4.78, 5) is 0. The molecule has 0 fully saturated rings. The first-order valence-corrected chi connectivity index (χ1v) is 2.75. The topological polar surface area (TPSA) is 19.9 Å². The van der Waals surface area contributed by atoms with Gasteiger partial charge in [-0.2, -0.15) is 0 Å². The molecular formula is C7H13O. The van der Waals surface area contributed by atoms with Crippen LogP contribution >= 0.6 is 0 Å². The zero-order valence-electron chi connectivity index (χ0n) is 5.82. The molecule has 0 heterocycles. The molecule has 0 saturated carbocycles. The highest BCUT2D eigenvalue weighted by Gasteiger charge is 2.16. The van der Waals surface area contributed by atoms with E-state index in [1.807, 2.05) is 20.8 Å². The van der Waals surface area contributed by atoms with Crippen LogP contribution in [-0.2, 0) is 5.11 Å². The van der Waals surface area contributed by atoms with Crippen LogP contribution in [0.3, 0.4) is 0 Å². The van der Waals surface area contributed by atoms with Crippen LogP contribution in [0.1, 0.15) is 20.8 Å². The molecule has 0 spiro atoms. The molecule has 0 aromatic carbocycles. The van der Waals surface area contributed by atoms with Crippen molar-refractivity contribution in [3.8, 4) is 0 Å². The largest absolute Gasteiger partial charge is 0.236 e. The van der Waals surface area contributed by atoms with E-state index < -0.39 is 0 Å². The molecule has 0 bridgehead atoms. The Hall–Kier alpha value is -0.300. The van der Waals surface area contributed by atoms with Gasteiger partial charge in [-0.1, -0.05) is 26.0 Å². The molecule has 0 amide bonds. The van der Waals surface area contributed by atoms with E-state index in [1.165, 1.54) is 0 Å². The van der Waals surface area contributed by atoms with Crippen LogP contribution in [0.15, 0.2) is 12.2 Å². The van der Waals surface area contributed by atoms with Crippen LogP contribution in [0.4, 0.5) is 0 Å². The van der Waals surface area contributed by atoms with Gasteiger partial charge in [0.2, 0.25) is 0 Å². The maximum Gasteiger partial charge on any atom is 0.0910 e. The SMILES string of the molecule is C=C(C)C(C)(C)C[O]. The third kappa shape index (κ3) is 1.66. The highest BCUT2D eigenvalue weighted by atomic mass is 16.3. The number of hydrogen-bond donors (Lipinski definition) is 0. The zero-order chi connectivity index (χ0) is 6.78. The Kier molecular flexibility index (Phi) is 2.23. The molecular weight excluding hydrogens is 100 g/mol. The van der Waals surface area contributed by atoms with Gasteiger partial charge < -0.3 is 0 Å². The second-order valence-electron chi connectivity index (χ2n) is 2.81. The summed E-state index contributed by atoms with van der Waals surface area (Å²) in [6.45, 7) is 9.33. The molecule has 8 heavy (non-hydrogen) atoms. The van der Waals surface area contributed by atoms with Gasteiger partial charge in [0.15, 0.2) is 0 Å². The first-order chi connectivity index (χ1) is 3.50. The van der Waals surface area contributed by atoms with E-state index in [0.29, 0.717) is 0 Å². The lowest BCUT2D eigenvalue weighted by Crippen LogP contribution is -2.15. The van der Waals surface area contributed by atoms with Crippen LogP contribution in [0.2, 0.25) is 0 Å². The van der Waals surface area contributed by atoms with Gasteiger partial charge in [0.25, 0.3) is 0 Å². The zero-order valence-corrected chi connectivity index (χ0v) is 5.82. The lowest BCUT2D eigenvalue weighted by molar-refractivity contribution is 0.116. The standard InChI is InChI=1S/C7H13O/c1-6(2)7(3,4)5-8/h1,5H2,2-4H3. The van der Waals surface area contributed by atoms with E-state index in [-0.39, 0.29) is 12.0 Å². The molecule has 0 rings (SSSR count). The lowest BCUT2D eigenvalue weighted by atomic mass is 9.87. The fourth-order valence-electron chi connectivity index (χ4n) is 0.123. The third-order valence-corrected chi connectivity index (χ3v) is 1.52. The minimum atomic E-state index is -0.208. The fraction of sp³-hybridized carbons (Fsp3) is 0.714. The maximum absolute atomic E-state index is 10.3. The van der Waals surface area contributed by atoms with Crippen LogP contribution < -0.4 is 0 Å². The Labute approximate surface area is 51.0 Å². The minimum Gasteiger partial charge on any atom is -0.236 e. The van der Waals surface area contributed by atoms with Crippen molar-refractivity contribution >= 4 is 0 Å². The summed E-state index contributed by atoms with van der Waals surface area (Å²) in [6.07, 6.45) is 0. The van der Waals surface area contributed by atoms with Gasteiger partial charge in [0.05, 0.1) is 6.61 Å². The molecule has 0 aromatic rings. The predicted octanol–water partition coefficient (Wildman–Crippen LogP) is 2.02. The van der Waals surface area contributed by atoms with Gasteiger partial charge in [0, 0.05) is 5.41 Å². The number of rotatable bonds is 2. The van der Waals surface area contributed by atoms with Crippen molar-refractivity contribution in [2.75, 3.05) is 6.61 Å². The summed E-state index contributed by atoms with van der Waals surface area (Å²) in [5, 5.41) is 10.3. The van der Waals surface area contributed by atoms with Gasteiger partial charge in [-0.05, 0) is 6.92 Å². The van der Waals surface area contributed by atoms with Gasteiger partial charge in [-0.25, -0.2) is 5.11 Å². The molecule has 0 unspecified atom stereocenters. The summed E-state index contributed by atoms with van der Waals surface area (Å²) in [5.74, 6) is 0. The molecule has 0 atom stereocenters. The summed E-state index contributed by atoms with van der Waals surface area (Å²) >= 11 is 0. The quantitative estimate of drug-likeness (QED) is 0.488. The van der Waals surface area contributed by atoms with Gasteiger partial charge >= 0.3 is 0 Å². The van der Waals surface area contributed by atoms with Crippen LogP contribution in [0, 0.1) is 5.41 Å². The predicted molar refractivity (Wildman–Crippen MR) is 34.1 cm³/mol. The second kappa shape index (κ2) is 2.31. The summed E-state index contributed by atoms with van der Waals surface area (Å²) < 4.78 is 0. The molecule has 0 N–H and O–H groups in total. The normalized spacial score (nSPS) is 11.5. The van der Waals surface area contributed by atoms with Crippen molar-refractivity contribution in [1.29, 1.82) is 0 Å². The molecule has 0 aliphatic carbocycles. The summed E-state index contributed by atoms with van der Waals surface area (Å²) in [7, 11) is 0. The van der Waals surface area contributed by atoms with Crippen LogP contribution in [0.25, 0.3) is 0 Å². The molecule has 1 nitrogen and oxygen atoms in total. The molecule has 0 aliphatic rings. The average Bonchev–Trinajstić information content (AvgIpc) is 1.67. The van der Waals surface area contributed by atoms with Crippen molar-refractivity contribution in [1.82, 2.24) is 0 Å². The van der Waals surface area contributed by atoms with Crippen LogP contribution in [0.5, 0.6) is 0 Å². The fourth-order valence-corrected chi connectivity index (χ4v) is 0.123. The summed E-state index contributed by atoms with van der Waals surface area (Å²) in [6, 6.07) is 0. The summed E-state index contributed by atoms with van der Waals surface area (Å²) in [5.41, 5.74) is 0.757. The average molecular weight is 113 g/mol. The van der Waals surface area contributed by atoms with Crippen molar-refractivity contribution in [2.45, 2.75) is 20.8 Å². The van der Waals surface area contributed by atoms with Crippen LogP contribution in [-0.4, -0.2) is 6.61 Å². The first-order valence-electron chi connectivity index (χ1n) is 2.75. The Bertz CT molecular complexity index is 92.6. The molecule has 47 valence electrons. The molecule has 0 aromatic heterocycles. The van der Waals surface area contributed by atoms with Gasteiger partial charge in [0.1, 0.15) is 0 Å². The van der Waals surface area contributed by atoms with Crippen molar-refractivity contribution < 1.29 is 5.11 Å². The Morgan fingerprint density at radius 2 is 2.00 bits per heavy atom. The van der Waals surface area contributed by atoms with Crippen molar-refractivity contribution in [3.63, 3.8) is 0 Å². The molecule has 0 aliphatic heterocycles. The van der Waals surface area contributed by atoms with Crippen molar-refractivity contribution in [3.05, 3.63) is 12.2 Å². The molecule has 1 radical (unpaired) electrons. The Balaban J connectivity index is 3.91. The number of hydrogen-bond acceptors (Lipinski definition) is 0. The lowest BCUT2D eigenvalue weighted by Gasteiger charge is -2.19. The van der Waals surface area contributed by atoms with E-state index in [0.717, 1.165) is 5.57 Å². The highest BCUT2D eigenvalue weighted by molar-refractivity contribution is 5.02. The maximum atomic E-state index is 10.3. The van der Waals surface area contributed by atoms with E-state index in [9.17, 15) is 5.11 Å². The highest BCUT2D eigenvalue weighted by Crippen LogP contribution is 2.22.